The number of aromatic hydroxyl groups is 1. The van der Waals surface area contributed by atoms with Crippen molar-refractivity contribution in [2.75, 3.05) is 32.4 Å². The number of hydrogen-bond acceptors (Lipinski definition) is 6. The molecule has 0 radical (unpaired) electrons. The molecule has 1 fully saturated rings. The number of rotatable bonds is 12. The van der Waals surface area contributed by atoms with E-state index in [1.54, 1.807) is 54.9 Å². The van der Waals surface area contributed by atoms with E-state index >= 15 is 0 Å². The summed E-state index contributed by atoms with van der Waals surface area (Å²) < 4.78 is 0. The van der Waals surface area contributed by atoms with Crippen molar-refractivity contribution in [1.82, 2.24) is 25.1 Å². The Labute approximate surface area is 263 Å². The van der Waals surface area contributed by atoms with E-state index in [-0.39, 0.29) is 37.1 Å². The number of hydrogen-bond donors (Lipinski definition) is 2. The highest BCUT2D eigenvalue weighted by atomic mass is 32.2. The van der Waals surface area contributed by atoms with Crippen molar-refractivity contribution in [2.24, 2.45) is 0 Å². The lowest BCUT2D eigenvalue weighted by Gasteiger charge is -2.49. The minimum atomic E-state index is -0.886. The lowest BCUT2D eigenvalue weighted by atomic mass is 10.0. The Morgan fingerprint density at radius 3 is 2.30 bits per heavy atom. The van der Waals surface area contributed by atoms with Crippen LogP contribution in [0.25, 0.3) is 0 Å². The minimum absolute atomic E-state index is 0.0534. The van der Waals surface area contributed by atoms with Crippen molar-refractivity contribution < 1.29 is 19.5 Å². The summed E-state index contributed by atoms with van der Waals surface area (Å²) in [6.07, 6.45) is 5.03. The first-order valence-electron chi connectivity index (χ1n) is 14.5. The summed E-state index contributed by atoms with van der Waals surface area (Å²) in [5.74, 6) is 3.67. The van der Waals surface area contributed by atoms with E-state index in [1.165, 1.54) is 20.5 Å². The number of phenolic OH excluding ortho intramolecular Hbond substituents is 1. The standard InChI is InChI=1S/C34H39N5O4S/c1-4-19-37-24-32(41)38(26(2)39(37)34(43)35-23-28-11-7-5-8-12-28)31(22-27-15-17-30(40)18-16-27)33(42)36(3)20-21-44-25-29-13-9-6-10-14-29/h1,5-18,26,31,40H,19-25H2,2-3H3,(H,35,43)/t26-,31-/m0/s1. The van der Waals surface area contributed by atoms with Crippen molar-refractivity contribution in [3.8, 4) is 18.1 Å². The van der Waals surface area contributed by atoms with Gasteiger partial charge in [-0.25, -0.2) is 9.80 Å². The Bertz CT molecular complexity index is 1430. The Kier molecular flexibility index (Phi) is 11.7. The molecule has 0 saturated carbocycles. The van der Waals surface area contributed by atoms with Crippen molar-refractivity contribution in [3.63, 3.8) is 0 Å². The number of phenols is 1. The Morgan fingerprint density at radius 2 is 1.66 bits per heavy atom. The van der Waals surface area contributed by atoms with Gasteiger partial charge in [0.15, 0.2) is 0 Å². The molecule has 0 aliphatic carbocycles. The Morgan fingerprint density at radius 1 is 1.02 bits per heavy atom. The molecule has 0 unspecified atom stereocenters. The number of urea groups is 1. The molecule has 44 heavy (non-hydrogen) atoms. The molecule has 1 aliphatic rings. The van der Waals surface area contributed by atoms with Gasteiger partial charge in [-0.2, -0.15) is 16.8 Å². The van der Waals surface area contributed by atoms with Gasteiger partial charge < -0.3 is 20.2 Å². The number of hydrazine groups is 1. The monoisotopic (exact) mass is 613 g/mol. The number of likely N-dealkylation sites (N-methyl/N-ethyl adjacent to an activating group) is 1. The van der Waals surface area contributed by atoms with Gasteiger partial charge in [-0.1, -0.05) is 78.7 Å². The number of carbonyl (C=O) groups excluding carboxylic acids is 3. The summed E-state index contributed by atoms with van der Waals surface area (Å²) >= 11 is 1.73. The van der Waals surface area contributed by atoms with E-state index in [4.69, 9.17) is 6.42 Å². The van der Waals surface area contributed by atoms with Crippen LogP contribution in [0.5, 0.6) is 5.75 Å². The lowest BCUT2D eigenvalue weighted by molar-refractivity contribution is -0.173. The van der Waals surface area contributed by atoms with Gasteiger partial charge in [0.05, 0.1) is 13.1 Å². The number of benzene rings is 3. The van der Waals surface area contributed by atoms with Crippen LogP contribution >= 0.6 is 11.8 Å². The van der Waals surface area contributed by atoms with Gasteiger partial charge in [-0.3, -0.25) is 9.59 Å². The highest BCUT2D eigenvalue weighted by molar-refractivity contribution is 7.98. The van der Waals surface area contributed by atoms with Crippen LogP contribution in [0.3, 0.4) is 0 Å². The molecule has 0 aromatic heterocycles. The number of nitrogens with zero attached hydrogens (tertiary/aromatic N) is 4. The number of terminal acetylenes is 1. The molecule has 1 aliphatic heterocycles. The van der Waals surface area contributed by atoms with Gasteiger partial charge in [-0.05, 0) is 35.7 Å². The lowest BCUT2D eigenvalue weighted by Crippen LogP contribution is -2.70. The van der Waals surface area contributed by atoms with Crippen molar-refractivity contribution in [1.29, 1.82) is 0 Å². The maximum atomic E-state index is 14.1. The van der Waals surface area contributed by atoms with Crippen LogP contribution in [0.2, 0.25) is 0 Å². The molecule has 1 heterocycles. The van der Waals surface area contributed by atoms with E-state index in [1.807, 2.05) is 48.5 Å². The number of nitrogens with one attached hydrogen (secondary N) is 1. The summed E-state index contributed by atoms with van der Waals surface area (Å²) in [7, 11) is 1.74. The molecule has 2 atom stereocenters. The Balaban J connectivity index is 1.54. The van der Waals surface area contributed by atoms with Crippen LogP contribution < -0.4 is 5.32 Å². The first kappa shape index (κ1) is 32.5. The van der Waals surface area contributed by atoms with Gasteiger partial charge in [0, 0.05) is 38.1 Å². The molecule has 10 heteroatoms. The fourth-order valence-corrected chi connectivity index (χ4v) is 6.17. The van der Waals surface area contributed by atoms with Crippen LogP contribution in [-0.4, -0.2) is 87.4 Å². The predicted molar refractivity (Wildman–Crippen MR) is 173 cm³/mol. The third-order valence-corrected chi connectivity index (χ3v) is 8.49. The molecule has 4 amide bonds. The van der Waals surface area contributed by atoms with E-state index in [0.29, 0.717) is 13.1 Å². The fraction of sp³-hybridized carbons (Fsp3) is 0.324. The second-order valence-electron chi connectivity index (χ2n) is 10.6. The third kappa shape index (κ3) is 8.56. The highest BCUT2D eigenvalue weighted by Gasteiger charge is 2.44. The number of carbonyl (C=O) groups is 3. The third-order valence-electron chi connectivity index (χ3n) is 7.48. The zero-order valence-electron chi connectivity index (χ0n) is 25.1. The SMILES string of the molecule is C#CCN1CC(=O)N([C@@H](Cc2ccc(O)cc2)C(=O)N(C)CCSCc2ccccc2)[C@H](C)N1C(=O)NCc1ccccc1. The smallest absolute Gasteiger partial charge is 0.334 e. The van der Waals surface area contributed by atoms with Crippen LogP contribution in [0, 0.1) is 12.3 Å². The van der Waals surface area contributed by atoms with Gasteiger partial charge >= 0.3 is 6.03 Å². The second-order valence-corrected chi connectivity index (χ2v) is 11.7. The van der Waals surface area contributed by atoms with Crippen molar-refractivity contribution in [3.05, 3.63) is 102 Å². The molecule has 1 saturated heterocycles. The average molecular weight is 614 g/mol. The summed E-state index contributed by atoms with van der Waals surface area (Å²) in [4.78, 5) is 44.5. The minimum Gasteiger partial charge on any atom is -0.508 e. The van der Waals surface area contributed by atoms with Crippen LogP contribution in [0.4, 0.5) is 4.79 Å². The molecular weight excluding hydrogens is 574 g/mol. The molecule has 0 spiro atoms. The first-order chi connectivity index (χ1) is 21.3. The van der Waals surface area contributed by atoms with Gasteiger partial charge in [0.2, 0.25) is 11.8 Å². The summed E-state index contributed by atoms with van der Waals surface area (Å²) in [6.45, 7) is 2.42. The van der Waals surface area contributed by atoms with Gasteiger partial charge in [-0.15, -0.1) is 6.42 Å². The summed E-state index contributed by atoms with van der Waals surface area (Å²) in [5.41, 5.74) is 2.92. The average Bonchev–Trinajstić information content (AvgIpc) is 3.03. The molecule has 2 N–H and O–H groups in total. The van der Waals surface area contributed by atoms with Crippen molar-refractivity contribution in [2.45, 2.75) is 37.8 Å². The molecule has 3 aromatic rings. The van der Waals surface area contributed by atoms with Crippen molar-refractivity contribution >= 4 is 29.6 Å². The fourth-order valence-electron chi connectivity index (χ4n) is 5.19. The van der Waals surface area contributed by atoms with Crippen LogP contribution in [-0.2, 0) is 28.3 Å². The molecule has 230 valence electrons. The topological polar surface area (TPSA) is 96.4 Å². The number of amides is 4. The predicted octanol–water partition coefficient (Wildman–Crippen LogP) is 3.95. The summed E-state index contributed by atoms with van der Waals surface area (Å²) in [6, 6.07) is 24.9. The summed E-state index contributed by atoms with van der Waals surface area (Å²) in [5, 5.41) is 15.7. The molecule has 4 rings (SSSR count). The zero-order chi connectivity index (χ0) is 31.5. The van der Waals surface area contributed by atoms with E-state index in [0.717, 1.165) is 22.6 Å². The molecule has 9 nitrogen and oxygen atoms in total. The van der Waals surface area contributed by atoms with Gasteiger partial charge in [0.25, 0.3) is 0 Å². The molecule has 0 bridgehead atoms. The highest BCUT2D eigenvalue weighted by Crippen LogP contribution is 2.24. The van der Waals surface area contributed by atoms with Crippen LogP contribution in [0.15, 0.2) is 84.9 Å². The van der Waals surface area contributed by atoms with Crippen LogP contribution in [0.1, 0.15) is 23.6 Å². The maximum absolute atomic E-state index is 14.1. The first-order valence-corrected chi connectivity index (χ1v) is 15.7. The largest absolute Gasteiger partial charge is 0.508 e. The molecular formula is C34H39N5O4S. The van der Waals surface area contributed by atoms with E-state index < -0.39 is 18.2 Å². The van der Waals surface area contributed by atoms with E-state index in [9.17, 15) is 19.5 Å². The molecule has 3 aromatic carbocycles. The quantitative estimate of drug-likeness (QED) is 0.237. The zero-order valence-corrected chi connectivity index (χ0v) is 26.0. The van der Waals surface area contributed by atoms with E-state index in [2.05, 4.69) is 23.4 Å². The maximum Gasteiger partial charge on any atom is 0.334 e. The number of thioether (sulfide) groups is 1. The second kappa shape index (κ2) is 15.8. The van der Waals surface area contributed by atoms with Gasteiger partial charge in [0.1, 0.15) is 18.0 Å². The normalized spacial score (nSPS) is 15.8. The Hall–Kier alpha value is -4.46.